The number of aryl methyl sites for hydroxylation is 1. The average molecular weight is 599 g/mol. The first-order valence-corrected chi connectivity index (χ1v) is 14.5. The first-order valence-electron chi connectivity index (χ1n) is 13.1. The third kappa shape index (κ3) is 5.27. The first kappa shape index (κ1) is 29.3. The van der Waals surface area contributed by atoms with Gasteiger partial charge in [-0.15, -0.1) is 0 Å². The Kier molecular flexibility index (Phi) is 7.86. The minimum atomic E-state index is -4.56. The Balaban J connectivity index is 1.64. The Bertz CT molecular complexity index is 1750. The van der Waals surface area contributed by atoms with E-state index in [1.807, 2.05) is 6.92 Å². The highest BCUT2D eigenvalue weighted by atomic mass is 32.2. The number of carbonyl (C=O) groups is 1. The number of carbonyl (C=O) groups excluding carboxylic acids is 1. The van der Waals surface area contributed by atoms with Crippen LogP contribution >= 0.6 is 0 Å². The second-order valence-electron chi connectivity index (χ2n) is 10.1. The Morgan fingerprint density at radius 3 is 2.43 bits per heavy atom. The van der Waals surface area contributed by atoms with E-state index in [2.05, 4.69) is 9.98 Å². The van der Waals surface area contributed by atoms with Crippen molar-refractivity contribution >= 4 is 27.2 Å². The largest absolute Gasteiger partial charge is 0.404 e. The smallest absolute Gasteiger partial charge is 0.243 e. The topological polar surface area (TPSA) is 106 Å². The molecule has 0 bridgehead atoms. The lowest BCUT2D eigenvalue weighted by molar-refractivity contribution is 0.0770. The van der Waals surface area contributed by atoms with Gasteiger partial charge in [-0.3, -0.25) is 9.78 Å². The van der Waals surface area contributed by atoms with Crippen LogP contribution in [0.2, 0.25) is 0 Å². The number of hydrogen-bond donors (Lipinski definition) is 1. The maximum Gasteiger partial charge on any atom is 0.243 e. The van der Waals surface area contributed by atoms with E-state index in [0.717, 1.165) is 9.87 Å². The number of sulfonamides is 1. The molecule has 1 atom stereocenters. The molecule has 0 amide bonds. The second-order valence-corrected chi connectivity index (χ2v) is 12.1. The van der Waals surface area contributed by atoms with Gasteiger partial charge in [-0.05, 0) is 91.2 Å². The summed E-state index contributed by atoms with van der Waals surface area (Å²) in [6.07, 6.45) is 5.10. The van der Waals surface area contributed by atoms with E-state index >= 15 is 0 Å². The standard InChI is InChI=1S/C30H26F4N4O3S/c1-2-18-7-9-36-27(11-18)29(39)30-15-19(16-35)26(37-22-5-3-21(31)4-6-22)12-20(30)8-10-38(17-30)42(40,41)23-13-24(32)28(34)25(33)14-23/h3-7,9,11-14,16H,2,8,10,15,17,35H2,1H3/b19-16-,37-26?/t30-/m0/s1. The Morgan fingerprint density at radius 2 is 1.79 bits per heavy atom. The lowest BCUT2D eigenvalue weighted by Crippen LogP contribution is -2.53. The van der Waals surface area contributed by atoms with Crippen LogP contribution in [-0.4, -0.2) is 42.3 Å². The normalized spacial score (nSPS) is 21.3. The monoisotopic (exact) mass is 598 g/mol. The number of benzene rings is 2. The lowest BCUT2D eigenvalue weighted by atomic mass is 9.64. The van der Waals surface area contributed by atoms with Crippen molar-refractivity contribution < 1.29 is 30.8 Å². The molecule has 2 N–H and O–H groups in total. The van der Waals surface area contributed by atoms with Crippen LogP contribution in [0.1, 0.15) is 35.8 Å². The lowest BCUT2D eigenvalue weighted by Gasteiger charge is -2.45. The summed E-state index contributed by atoms with van der Waals surface area (Å²) in [5.41, 5.74) is 7.35. The fourth-order valence-corrected chi connectivity index (χ4v) is 6.84. The van der Waals surface area contributed by atoms with Crippen molar-refractivity contribution in [2.24, 2.45) is 16.1 Å². The molecule has 0 saturated carbocycles. The van der Waals surface area contributed by atoms with E-state index in [4.69, 9.17) is 5.73 Å². The van der Waals surface area contributed by atoms with E-state index in [9.17, 15) is 30.8 Å². The molecule has 1 aliphatic heterocycles. The van der Waals surface area contributed by atoms with Crippen LogP contribution in [0.4, 0.5) is 23.2 Å². The third-order valence-electron chi connectivity index (χ3n) is 7.60. The van der Waals surface area contributed by atoms with E-state index < -0.39 is 49.4 Å². The number of ketones is 1. The highest BCUT2D eigenvalue weighted by molar-refractivity contribution is 7.89. The number of piperidine rings is 1. The summed E-state index contributed by atoms with van der Waals surface area (Å²) in [6, 6.07) is 9.72. The fourth-order valence-electron chi connectivity index (χ4n) is 5.32. The zero-order valence-electron chi connectivity index (χ0n) is 22.5. The van der Waals surface area contributed by atoms with Crippen LogP contribution in [0.15, 0.2) is 88.0 Å². The van der Waals surface area contributed by atoms with Crippen molar-refractivity contribution in [3.05, 3.63) is 113 Å². The third-order valence-corrected chi connectivity index (χ3v) is 9.42. The Morgan fingerprint density at radius 1 is 1.10 bits per heavy atom. The van der Waals surface area contributed by atoms with Gasteiger partial charge in [-0.25, -0.2) is 31.0 Å². The van der Waals surface area contributed by atoms with Crippen molar-refractivity contribution in [1.82, 2.24) is 9.29 Å². The molecule has 2 aromatic carbocycles. The maximum absolute atomic E-state index is 14.3. The zero-order valence-corrected chi connectivity index (χ0v) is 23.3. The minimum absolute atomic E-state index is 0.0512. The van der Waals surface area contributed by atoms with Crippen LogP contribution in [0, 0.1) is 28.7 Å². The number of aliphatic imine (C=N–C) groups is 1. The number of fused-ring (bicyclic) bond motifs is 1. The summed E-state index contributed by atoms with van der Waals surface area (Å²) in [6.45, 7) is 1.40. The van der Waals surface area contributed by atoms with E-state index in [0.29, 0.717) is 41.1 Å². The van der Waals surface area contributed by atoms with Gasteiger partial charge in [0.2, 0.25) is 10.0 Å². The molecule has 1 aromatic heterocycles. The number of nitrogens with two attached hydrogens (primary N) is 1. The van der Waals surface area contributed by atoms with Gasteiger partial charge >= 0.3 is 0 Å². The molecule has 1 fully saturated rings. The number of nitrogens with zero attached hydrogens (tertiary/aromatic N) is 3. The molecule has 3 aromatic rings. The molecule has 2 aliphatic rings. The van der Waals surface area contributed by atoms with E-state index in [-0.39, 0.29) is 31.6 Å². The molecule has 42 heavy (non-hydrogen) atoms. The molecule has 218 valence electrons. The van der Waals surface area contributed by atoms with Crippen molar-refractivity contribution in [3.8, 4) is 0 Å². The highest BCUT2D eigenvalue weighted by Gasteiger charge is 2.51. The maximum atomic E-state index is 14.3. The first-order chi connectivity index (χ1) is 20.0. The highest BCUT2D eigenvalue weighted by Crippen LogP contribution is 2.47. The number of rotatable bonds is 6. The Labute approximate surface area is 240 Å². The number of hydrogen-bond acceptors (Lipinski definition) is 6. The van der Waals surface area contributed by atoms with Gasteiger partial charge in [0.1, 0.15) is 11.5 Å². The molecule has 0 unspecified atom stereocenters. The Hall–Kier alpha value is -4.16. The molecule has 5 rings (SSSR count). The molecule has 12 heteroatoms. The number of aromatic nitrogens is 1. The molecule has 1 saturated heterocycles. The molecule has 0 radical (unpaired) electrons. The van der Waals surface area contributed by atoms with Gasteiger partial charge in [0.25, 0.3) is 0 Å². The van der Waals surface area contributed by atoms with Crippen molar-refractivity contribution in [1.29, 1.82) is 0 Å². The molecule has 0 spiro atoms. The summed E-state index contributed by atoms with van der Waals surface area (Å²) in [4.78, 5) is 22.4. The second kappa shape index (κ2) is 11.3. The minimum Gasteiger partial charge on any atom is -0.404 e. The van der Waals surface area contributed by atoms with E-state index in [1.54, 1.807) is 18.2 Å². The van der Waals surface area contributed by atoms with Crippen LogP contribution in [0.3, 0.4) is 0 Å². The van der Waals surface area contributed by atoms with Crippen LogP contribution in [0.25, 0.3) is 0 Å². The van der Waals surface area contributed by atoms with Gasteiger partial charge < -0.3 is 5.73 Å². The SMILES string of the molecule is CCc1ccnc(C(=O)[C@]23C/C(=C/N)C(=Nc4ccc(F)cc4)C=C2CCN(S(=O)(=O)c2cc(F)c(F)c(F)c2)C3)c1. The molecule has 2 heterocycles. The van der Waals surface area contributed by atoms with Crippen molar-refractivity contribution in [3.63, 3.8) is 0 Å². The summed E-state index contributed by atoms with van der Waals surface area (Å²) in [5.74, 6) is -5.98. The van der Waals surface area contributed by atoms with Crippen LogP contribution < -0.4 is 5.73 Å². The number of allylic oxidation sites excluding steroid dienone is 2. The molecule has 1 aliphatic carbocycles. The summed E-state index contributed by atoms with van der Waals surface area (Å²) in [5, 5.41) is 0. The van der Waals surface area contributed by atoms with Crippen LogP contribution in [-0.2, 0) is 16.4 Å². The van der Waals surface area contributed by atoms with Gasteiger partial charge in [0.05, 0.1) is 21.7 Å². The van der Waals surface area contributed by atoms with Crippen molar-refractivity contribution in [2.75, 3.05) is 13.1 Å². The van der Waals surface area contributed by atoms with Crippen LogP contribution in [0.5, 0.6) is 0 Å². The van der Waals surface area contributed by atoms with Gasteiger partial charge in [0.15, 0.2) is 23.2 Å². The predicted molar refractivity (Wildman–Crippen MR) is 149 cm³/mol. The summed E-state index contributed by atoms with van der Waals surface area (Å²) < 4.78 is 83.3. The number of pyridine rings is 1. The molecular weight excluding hydrogens is 572 g/mol. The average Bonchev–Trinajstić information content (AvgIpc) is 2.99. The molecule has 7 nitrogen and oxygen atoms in total. The zero-order chi connectivity index (χ0) is 30.2. The number of Topliss-reactive ketones (excluding diaryl/α,β-unsaturated/α-hetero) is 1. The number of halogens is 4. The molecular formula is C30H26F4N4O3S. The van der Waals surface area contributed by atoms with Gasteiger partial charge in [-0.2, -0.15) is 4.31 Å². The predicted octanol–water partition coefficient (Wildman–Crippen LogP) is 5.41. The fraction of sp³-hybridized carbons (Fsp3) is 0.233. The summed E-state index contributed by atoms with van der Waals surface area (Å²) >= 11 is 0. The van der Waals surface area contributed by atoms with Gasteiger partial charge in [-0.1, -0.05) is 12.5 Å². The van der Waals surface area contributed by atoms with Crippen molar-refractivity contribution in [2.45, 2.75) is 31.1 Å². The quantitative estimate of drug-likeness (QED) is 0.232. The van der Waals surface area contributed by atoms with E-state index in [1.165, 1.54) is 36.7 Å². The summed E-state index contributed by atoms with van der Waals surface area (Å²) in [7, 11) is -4.56. The van der Waals surface area contributed by atoms with Gasteiger partial charge in [0, 0.05) is 19.3 Å².